The van der Waals surface area contributed by atoms with Gasteiger partial charge in [-0.3, -0.25) is 4.79 Å². The fraction of sp³-hybridized carbons (Fsp3) is 0.118. The molecule has 0 aliphatic carbocycles. The van der Waals surface area contributed by atoms with Crippen molar-refractivity contribution in [3.8, 4) is 11.5 Å². The Bertz CT molecular complexity index is 814. The van der Waals surface area contributed by atoms with E-state index < -0.39 is 0 Å². The van der Waals surface area contributed by atoms with Crippen LogP contribution in [0, 0.1) is 12.7 Å². The minimum absolute atomic E-state index is 0.0765. The standard InChI is InChI=1S/C17H14FN3O2/c1-11-14(10-16(22)21-15-4-2-3-9-19-15)20-17(23-11)12-5-7-13(18)8-6-12/h2-9H,10H2,1H3,(H,19,21,22). The van der Waals surface area contributed by atoms with Crippen molar-refractivity contribution in [1.82, 2.24) is 9.97 Å². The molecule has 3 rings (SSSR count). The third-order valence-electron chi connectivity index (χ3n) is 3.24. The van der Waals surface area contributed by atoms with Gasteiger partial charge in [-0.2, -0.15) is 0 Å². The predicted octanol–water partition coefficient (Wildman–Crippen LogP) is 3.37. The van der Waals surface area contributed by atoms with Crippen molar-refractivity contribution >= 4 is 11.7 Å². The number of oxazole rings is 1. The maximum atomic E-state index is 13.0. The topological polar surface area (TPSA) is 68.0 Å². The highest BCUT2D eigenvalue weighted by molar-refractivity contribution is 5.91. The van der Waals surface area contributed by atoms with E-state index in [9.17, 15) is 9.18 Å². The summed E-state index contributed by atoms with van der Waals surface area (Å²) in [6, 6.07) is 11.1. The van der Waals surface area contributed by atoms with Gasteiger partial charge in [-0.1, -0.05) is 6.07 Å². The summed E-state index contributed by atoms with van der Waals surface area (Å²) in [5, 5.41) is 2.69. The van der Waals surface area contributed by atoms with E-state index in [-0.39, 0.29) is 18.1 Å². The van der Waals surface area contributed by atoms with Gasteiger partial charge in [0.25, 0.3) is 0 Å². The Morgan fingerprint density at radius 1 is 1.22 bits per heavy atom. The maximum absolute atomic E-state index is 13.0. The van der Waals surface area contributed by atoms with E-state index in [1.807, 2.05) is 0 Å². The van der Waals surface area contributed by atoms with Crippen LogP contribution in [0.15, 0.2) is 53.1 Å². The third-order valence-corrected chi connectivity index (χ3v) is 3.24. The number of aryl methyl sites for hydroxylation is 1. The zero-order valence-electron chi connectivity index (χ0n) is 12.4. The molecule has 1 aromatic carbocycles. The molecular weight excluding hydrogens is 297 g/mol. The third kappa shape index (κ3) is 3.60. The summed E-state index contributed by atoms with van der Waals surface area (Å²) in [4.78, 5) is 20.4. The zero-order chi connectivity index (χ0) is 16.2. The molecule has 2 aromatic heterocycles. The number of carbonyl (C=O) groups excluding carboxylic acids is 1. The van der Waals surface area contributed by atoms with Crippen molar-refractivity contribution in [1.29, 1.82) is 0 Å². The molecule has 23 heavy (non-hydrogen) atoms. The first kappa shape index (κ1) is 14.9. The van der Waals surface area contributed by atoms with Crippen LogP contribution in [0.25, 0.3) is 11.5 Å². The Morgan fingerprint density at radius 2 is 2.00 bits per heavy atom. The number of rotatable bonds is 4. The number of carbonyl (C=O) groups is 1. The van der Waals surface area contributed by atoms with E-state index in [4.69, 9.17) is 4.42 Å². The monoisotopic (exact) mass is 311 g/mol. The number of aromatic nitrogens is 2. The fourth-order valence-corrected chi connectivity index (χ4v) is 2.08. The molecule has 1 amide bonds. The van der Waals surface area contributed by atoms with Crippen LogP contribution >= 0.6 is 0 Å². The Hall–Kier alpha value is -3.02. The highest BCUT2D eigenvalue weighted by Crippen LogP contribution is 2.22. The molecule has 5 nitrogen and oxygen atoms in total. The van der Waals surface area contributed by atoms with Crippen molar-refractivity contribution in [2.75, 3.05) is 5.32 Å². The summed E-state index contributed by atoms with van der Waals surface area (Å²) < 4.78 is 18.5. The summed E-state index contributed by atoms with van der Waals surface area (Å²) in [7, 11) is 0. The summed E-state index contributed by atoms with van der Waals surface area (Å²) in [6.07, 6.45) is 1.68. The highest BCUT2D eigenvalue weighted by Gasteiger charge is 2.15. The van der Waals surface area contributed by atoms with Crippen LogP contribution in [-0.2, 0) is 11.2 Å². The van der Waals surface area contributed by atoms with Crippen LogP contribution < -0.4 is 5.32 Å². The van der Waals surface area contributed by atoms with Crippen LogP contribution in [0.1, 0.15) is 11.5 Å². The van der Waals surface area contributed by atoms with Gasteiger partial charge in [0.2, 0.25) is 11.8 Å². The van der Waals surface area contributed by atoms with Crippen LogP contribution in [0.5, 0.6) is 0 Å². The number of anilines is 1. The average molecular weight is 311 g/mol. The second-order valence-corrected chi connectivity index (χ2v) is 4.97. The quantitative estimate of drug-likeness (QED) is 0.802. The summed E-state index contributed by atoms with van der Waals surface area (Å²) >= 11 is 0. The summed E-state index contributed by atoms with van der Waals surface area (Å²) in [5.74, 6) is 0.846. The molecule has 0 spiro atoms. The number of amides is 1. The van der Waals surface area contributed by atoms with Crippen LogP contribution in [0.4, 0.5) is 10.2 Å². The van der Waals surface area contributed by atoms with E-state index in [1.54, 1.807) is 43.5 Å². The van der Waals surface area contributed by atoms with Gasteiger partial charge >= 0.3 is 0 Å². The normalized spacial score (nSPS) is 10.5. The second-order valence-electron chi connectivity index (χ2n) is 4.97. The van der Waals surface area contributed by atoms with Gasteiger partial charge in [-0.25, -0.2) is 14.4 Å². The first-order chi connectivity index (χ1) is 11.1. The van der Waals surface area contributed by atoms with Crippen molar-refractivity contribution in [3.05, 3.63) is 65.9 Å². The van der Waals surface area contributed by atoms with E-state index in [1.165, 1.54) is 12.1 Å². The van der Waals surface area contributed by atoms with Crippen molar-refractivity contribution in [2.24, 2.45) is 0 Å². The molecule has 1 N–H and O–H groups in total. The maximum Gasteiger partial charge on any atom is 0.231 e. The molecule has 0 radical (unpaired) electrons. The molecule has 0 aliphatic heterocycles. The summed E-state index contributed by atoms with van der Waals surface area (Å²) in [6.45, 7) is 1.74. The Morgan fingerprint density at radius 3 is 2.70 bits per heavy atom. The lowest BCUT2D eigenvalue weighted by Gasteiger charge is -2.02. The number of hydrogen-bond acceptors (Lipinski definition) is 4. The zero-order valence-corrected chi connectivity index (χ0v) is 12.4. The molecular formula is C17H14FN3O2. The first-order valence-electron chi connectivity index (χ1n) is 7.05. The SMILES string of the molecule is Cc1oc(-c2ccc(F)cc2)nc1CC(=O)Nc1ccccn1. The molecule has 0 saturated heterocycles. The lowest BCUT2D eigenvalue weighted by molar-refractivity contribution is -0.115. The molecule has 0 fully saturated rings. The molecule has 0 atom stereocenters. The largest absolute Gasteiger partial charge is 0.441 e. The Kier molecular flexibility index (Phi) is 4.14. The van der Waals surface area contributed by atoms with Gasteiger partial charge < -0.3 is 9.73 Å². The van der Waals surface area contributed by atoms with Gasteiger partial charge in [0.1, 0.15) is 17.4 Å². The van der Waals surface area contributed by atoms with E-state index in [2.05, 4.69) is 15.3 Å². The fourth-order valence-electron chi connectivity index (χ4n) is 2.08. The number of halogens is 1. The predicted molar refractivity (Wildman–Crippen MR) is 83.2 cm³/mol. The molecule has 0 bridgehead atoms. The minimum atomic E-state index is -0.327. The smallest absolute Gasteiger partial charge is 0.231 e. The van der Waals surface area contributed by atoms with Gasteiger partial charge in [-0.15, -0.1) is 0 Å². The molecule has 0 unspecified atom stereocenters. The van der Waals surface area contributed by atoms with Crippen molar-refractivity contribution in [2.45, 2.75) is 13.3 Å². The second kappa shape index (κ2) is 6.39. The molecule has 0 saturated carbocycles. The van der Waals surface area contributed by atoms with Gasteiger partial charge in [0, 0.05) is 11.8 Å². The number of nitrogens with zero attached hydrogens (tertiary/aromatic N) is 2. The Balaban J connectivity index is 1.73. The molecule has 6 heteroatoms. The minimum Gasteiger partial charge on any atom is -0.441 e. The van der Waals surface area contributed by atoms with Gasteiger partial charge in [-0.05, 0) is 43.3 Å². The highest BCUT2D eigenvalue weighted by atomic mass is 19.1. The molecule has 2 heterocycles. The number of nitrogens with one attached hydrogen (secondary N) is 1. The van der Waals surface area contributed by atoms with E-state index in [0.29, 0.717) is 28.7 Å². The number of pyridine rings is 1. The van der Waals surface area contributed by atoms with Crippen molar-refractivity contribution < 1.29 is 13.6 Å². The number of hydrogen-bond donors (Lipinski definition) is 1. The number of benzene rings is 1. The van der Waals surface area contributed by atoms with Crippen LogP contribution in [0.2, 0.25) is 0 Å². The molecule has 3 aromatic rings. The lowest BCUT2D eigenvalue weighted by Crippen LogP contribution is -2.15. The molecule has 116 valence electrons. The van der Waals surface area contributed by atoms with Gasteiger partial charge in [0.05, 0.1) is 12.1 Å². The lowest BCUT2D eigenvalue weighted by atomic mass is 10.2. The first-order valence-corrected chi connectivity index (χ1v) is 7.05. The van der Waals surface area contributed by atoms with E-state index >= 15 is 0 Å². The Labute approximate surface area is 132 Å². The summed E-state index contributed by atoms with van der Waals surface area (Å²) in [5.41, 5.74) is 1.20. The van der Waals surface area contributed by atoms with Crippen molar-refractivity contribution in [3.63, 3.8) is 0 Å². The average Bonchev–Trinajstić information content (AvgIpc) is 2.90. The van der Waals surface area contributed by atoms with Crippen LogP contribution in [-0.4, -0.2) is 15.9 Å². The van der Waals surface area contributed by atoms with E-state index in [0.717, 1.165) is 0 Å². The van der Waals surface area contributed by atoms with Crippen LogP contribution in [0.3, 0.4) is 0 Å². The van der Waals surface area contributed by atoms with Gasteiger partial charge in [0.15, 0.2) is 0 Å². The molecule has 0 aliphatic rings.